The van der Waals surface area contributed by atoms with Crippen LogP contribution in [-0.4, -0.2) is 38.6 Å². The van der Waals surface area contributed by atoms with E-state index in [1.807, 2.05) is 12.1 Å². The standard InChI is InChI=1S/C14H14N4O2S/c19-12-6-14(13(20)15-12)3-4-18(8-14)7-9-1-2-10-11(5-9)17-21-16-10/h1-2,5H,3-4,6-8H2,(H,15,19,20). The van der Waals surface area contributed by atoms with Gasteiger partial charge in [-0.3, -0.25) is 19.8 Å². The third kappa shape index (κ3) is 2.13. The van der Waals surface area contributed by atoms with Crippen molar-refractivity contribution in [3.05, 3.63) is 23.8 Å². The summed E-state index contributed by atoms with van der Waals surface area (Å²) >= 11 is 1.22. The van der Waals surface area contributed by atoms with Crippen LogP contribution in [0.25, 0.3) is 11.0 Å². The Morgan fingerprint density at radius 1 is 1.29 bits per heavy atom. The number of nitrogens with zero attached hydrogens (tertiary/aromatic N) is 3. The lowest BCUT2D eigenvalue weighted by atomic mass is 9.85. The van der Waals surface area contributed by atoms with Gasteiger partial charge in [0, 0.05) is 19.5 Å². The topological polar surface area (TPSA) is 75.2 Å². The predicted molar refractivity (Wildman–Crippen MR) is 77.5 cm³/mol. The molecule has 0 aliphatic carbocycles. The summed E-state index contributed by atoms with van der Waals surface area (Å²) in [5.41, 5.74) is 2.50. The van der Waals surface area contributed by atoms with E-state index in [0.29, 0.717) is 13.0 Å². The molecule has 7 heteroatoms. The zero-order chi connectivity index (χ0) is 14.4. The molecule has 1 atom stereocenters. The van der Waals surface area contributed by atoms with Crippen molar-refractivity contribution >= 4 is 34.6 Å². The number of rotatable bonds is 2. The zero-order valence-corrected chi connectivity index (χ0v) is 12.2. The largest absolute Gasteiger partial charge is 0.298 e. The summed E-state index contributed by atoms with van der Waals surface area (Å²) in [6.07, 6.45) is 1.09. The Labute approximate surface area is 125 Å². The molecule has 2 amide bonds. The average Bonchev–Trinajstić information content (AvgIpc) is 3.11. The quantitative estimate of drug-likeness (QED) is 0.835. The van der Waals surface area contributed by atoms with Crippen molar-refractivity contribution in [2.75, 3.05) is 13.1 Å². The van der Waals surface area contributed by atoms with Gasteiger partial charge in [-0.25, -0.2) is 0 Å². The van der Waals surface area contributed by atoms with Crippen LogP contribution in [0.4, 0.5) is 0 Å². The highest BCUT2D eigenvalue weighted by Gasteiger charge is 2.50. The minimum Gasteiger partial charge on any atom is -0.298 e. The number of likely N-dealkylation sites (tertiary alicyclic amines) is 1. The first-order valence-electron chi connectivity index (χ1n) is 6.93. The van der Waals surface area contributed by atoms with Gasteiger partial charge in [0.15, 0.2) is 0 Å². The van der Waals surface area contributed by atoms with Crippen molar-refractivity contribution in [3.8, 4) is 0 Å². The van der Waals surface area contributed by atoms with Crippen LogP contribution >= 0.6 is 11.7 Å². The van der Waals surface area contributed by atoms with Crippen molar-refractivity contribution in [3.63, 3.8) is 0 Å². The monoisotopic (exact) mass is 302 g/mol. The van der Waals surface area contributed by atoms with Crippen LogP contribution < -0.4 is 5.32 Å². The first-order chi connectivity index (χ1) is 10.1. The van der Waals surface area contributed by atoms with E-state index in [2.05, 4.69) is 25.0 Å². The second kappa shape index (κ2) is 4.57. The minimum atomic E-state index is -0.497. The predicted octanol–water partition coefficient (Wildman–Crippen LogP) is 0.930. The number of benzene rings is 1. The Bertz CT molecular complexity index is 743. The maximum absolute atomic E-state index is 12.0. The molecule has 0 saturated carbocycles. The van der Waals surface area contributed by atoms with E-state index in [-0.39, 0.29) is 11.8 Å². The number of amides is 2. The molecule has 3 heterocycles. The first kappa shape index (κ1) is 12.8. The molecule has 21 heavy (non-hydrogen) atoms. The number of carbonyl (C=O) groups is 2. The summed E-state index contributed by atoms with van der Waals surface area (Å²) in [6, 6.07) is 6.07. The normalized spacial score (nSPS) is 26.1. The van der Waals surface area contributed by atoms with Crippen molar-refractivity contribution in [1.82, 2.24) is 19.0 Å². The van der Waals surface area contributed by atoms with Crippen LogP contribution in [-0.2, 0) is 16.1 Å². The van der Waals surface area contributed by atoms with E-state index in [1.54, 1.807) is 0 Å². The molecule has 2 aromatic rings. The molecule has 6 nitrogen and oxygen atoms in total. The molecule has 2 saturated heterocycles. The lowest BCUT2D eigenvalue weighted by molar-refractivity contribution is -0.128. The fourth-order valence-corrected chi connectivity index (χ4v) is 3.82. The number of nitrogens with one attached hydrogen (secondary N) is 1. The summed E-state index contributed by atoms with van der Waals surface area (Å²) in [7, 11) is 0. The van der Waals surface area contributed by atoms with E-state index < -0.39 is 5.41 Å². The van der Waals surface area contributed by atoms with E-state index in [0.717, 1.165) is 36.1 Å². The van der Waals surface area contributed by atoms with E-state index in [9.17, 15) is 9.59 Å². The third-order valence-electron chi connectivity index (χ3n) is 4.39. The van der Waals surface area contributed by atoms with Gasteiger partial charge in [-0.2, -0.15) is 8.75 Å². The Kier molecular flexibility index (Phi) is 2.80. The molecule has 4 rings (SSSR count). The second-order valence-electron chi connectivity index (χ2n) is 5.88. The lowest BCUT2D eigenvalue weighted by Gasteiger charge is -2.20. The second-order valence-corrected chi connectivity index (χ2v) is 6.41. The summed E-state index contributed by atoms with van der Waals surface area (Å²) in [6.45, 7) is 2.27. The van der Waals surface area contributed by atoms with Gasteiger partial charge in [-0.15, -0.1) is 0 Å². The maximum atomic E-state index is 12.0. The first-order valence-corrected chi connectivity index (χ1v) is 7.66. The number of hydrogen-bond donors (Lipinski definition) is 1. The van der Waals surface area contributed by atoms with Crippen molar-refractivity contribution in [1.29, 1.82) is 0 Å². The lowest BCUT2D eigenvalue weighted by Crippen LogP contribution is -2.34. The van der Waals surface area contributed by atoms with Gasteiger partial charge >= 0.3 is 0 Å². The molecule has 0 bridgehead atoms. The van der Waals surface area contributed by atoms with Gasteiger partial charge in [-0.1, -0.05) is 6.07 Å². The summed E-state index contributed by atoms with van der Waals surface area (Å²) in [5.74, 6) is -0.244. The number of imide groups is 1. The van der Waals surface area contributed by atoms with Gasteiger partial charge in [0.25, 0.3) is 0 Å². The number of hydrogen-bond acceptors (Lipinski definition) is 6. The van der Waals surface area contributed by atoms with Crippen molar-refractivity contribution in [2.24, 2.45) is 5.41 Å². The van der Waals surface area contributed by atoms with Crippen molar-refractivity contribution < 1.29 is 9.59 Å². The number of fused-ring (bicyclic) bond motifs is 1. The van der Waals surface area contributed by atoms with Crippen LogP contribution in [0.1, 0.15) is 18.4 Å². The molecule has 2 aliphatic rings. The molecular weight excluding hydrogens is 288 g/mol. The molecule has 1 spiro atoms. The fraction of sp³-hybridized carbons (Fsp3) is 0.429. The smallest absolute Gasteiger partial charge is 0.234 e. The minimum absolute atomic E-state index is 0.103. The van der Waals surface area contributed by atoms with Crippen LogP contribution in [0.15, 0.2) is 18.2 Å². The molecule has 1 aromatic carbocycles. The van der Waals surface area contributed by atoms with Crippen molar-refractivity contribution in [2.45, 2.75) is 19.4 Å². The maximum Gasteiger partial charge on any atom is 0.234 e. The van der Waals surface area contributed by atoms with Gasteiger partial charge < -0.3 is 0 Å². The van der Waals surface area contributed by atoms with E-state index >= 15 is 0 Å². The molecular formula is C14H14N4O2S. The summed E-state index contributed by atoms with van der Waals surface area (Å²) < 4.78 is 8.44. The number of aromatic nitrogens is 2. The van der Waals surface area contributed by atoms with Gasteiger partial charge in [0.1, 0.15) is 11.0 Å². The molecule has 1 N–H and O–H groups in total. The molecule has 1 unspecified atom stereocenters. The molecule has 2 aliphatic heterocycles. The Balaban J connectivity index is 1.51. The molecule has 2 fully saturated rings. The highest BCUT2D eigenvalue weighted by Crippen LogP contribution is 2.38. The van der Waals surface area contributed by atoms with Gasteiger partial charge in [0.2, 0.25) is 11.8 Å². The van der Waals surface area contributed by atoms with Crippen LogP contribution in [0.3, 0.4) is 0 Å². The van der Waals surface area contributed by atoms with Crippen LogP contribution in [0.5, 0.6) is 0 Å². The zero-order valence-electron chi connectivity index (χ0n) is 11.3. The average molecular weight is 302 g/mol. The number of carbonyl (C=O) groups excluding carboxylic acids is 2. The molecule has 1 aromatic heterocycles. The van der Waals surface area contributed by atoms with Gasteiger partial charge in [-0.05, 0) is 30.7 Å². The van der Waals surface area contributed by atoms with E-state index in [4.69, 9.17) is 0 Å². The Hall–Kier alpha value is -1.86. The molecule has 0 radical (unpaired) electrons. The Morgan fingerprint density at radius 3 is 2.95 bits per heavy atom. The highest BCUT2D eigenvalue weighted by atomic mass is 32.1. The van der Waals surface area contributed by atoms with Crippen LogP contribution in [0.2, 0.25) is 0 Å². The highest BCUT2D eigenvalue weighted by molar-refractivity contribution is 7.00. The third-order valence-corrected chi connectivity index (χ3v) is 4.95. The SMILES string of the molecule is O=C1CC2(CCN(Cc3ccc4nsnc4c3)C2)C(=O)N1. The Morgan fingerprint density at radius 2 is 2.14 bits per heavy atom. The van der Waals surface area contributed by atoms with Gasteiger partial charge in [0.05, 0.1) is 17.1 Å². The molecule has 108 valence electrons. The van der Waals surface area contributed by atoms with E-state index in [1.165, 1.54) is 11.7 Å². The fourth-order valence-electron chi connectivity index (χ4n) is 3.30. The van der Waals surface area contributed by atoms with Crippen LogP contribution in [0, 0.1) is 5.41 Å². The summed E-state index contributed by atoms with van der Waals surface area (Å²) in [5, 5.41) is 2.43. The summed E-state index contributed by atoms with van der Waals surface area (Å²) in [4.78, 5) is 25.6.